The van der Waals surface area contributed by atoms with E-state index in [1.165, 1.54) is 12.3 Å². The van der Waals surface area contributed by atoms with Gasteiger partial charge in [0.2, 0.25) is 6.41 Å². The number of amides is 1. The standard InChI is InChI=1S/C16H9F5N4O2/c17-10-1-9(2-13(4-10)27-16(19,20)21)14-5-15(23-8-26)24-25(14)12-3-11(18)6-22-7-12/h1-8H,(H,23,24,26). The highest BCUT2D eigenvalue weighted by Crippen LogP contribution is 2.32. The Hall–Kier alpha value is -3.50. The monoisotopic (exact) mass is 384 g/mol. The average Bonchev–Trinajstić information content (AvgIpc) is 2.97. The molecule has 0 saturated carbocycles. The van der Waals surface area contributed by atoms with Crippen molar-refractivity contribution < 1.29 is 31.5 Å². The van der Waals surface area contributed by atoms with E-state index in [9.17, 15) is 26.7 Å². The fraction of sp³-hybridized carbons (Fsp3) is 0.0625. The van der Waals surface area contributed by atoms with Crippen molar-refractivity contribution >= 4 is 12.2 Å². The minimum absolute atomic E-state index is 0.00631. The molecule has 0 spiro atoms. The summed E-state index contributed by atoms with van der Waals surface area (Å²) in [6.45, 7) is 0. The maximum absolute atomic E-state index is 13.8. The molecular weight excluding hydrogens is 375 g/mol. The molecule has 0 aliphatic rings. The van der Waals surface area contributed by atoms with Gasteiger partial charge >= 0.3 is 6.36 Å². The lowest BCUT2D eigenvalue weighted by atomic mass is 10.1. The van der Waals surface area contributed by atoms with E-state index in [-0.39, 0.29) is 22.8 Å². The van der Waals surface area contributed by atoms with Crippen LogP contribution in [0.4, 0.5) is 27.8 Å². The third-order valence-corrected chi connectivity index (χ3v) is 3.25. The van der Waals surface area contributed by atoms with E-state index in [0.717, 1.165) is 29.1 Å². The number of hydrogen-bond donors (Lipinski definition) is 1. The molecule has 27 heavy (non-hydrogen) atoms. The normalized spacial score (nSPS) is 11.3. The summed E-state index contributed by atoms with van der Waals surface area (Å²) < 4.78 is 69.5. The molecule has 3 rings (SSSR count). The summed E-state index contributed by atoms with van der Waals surface area (Å²) in [5.74, 6) is -2.47. The molecule has 3 aromatic rings. The zero-order chi connectivity index (χ0) is 19.6. The number of halogens is 5. The Morgan fingerprint density at radius 1 is 1.04 bits per heavy atom. The first-order chi connectivity index (χ1) is 12.7. The van der Waals surface area contributed by atoms with Crippen molar-refractivity contribution in [3.63, 3.8) is 0 Å². The molecule has 0 aliphatic heterocycles. The van der Waals surface area contributed by atoms with Crippen LogP contribution in [0.3, 0.4) is 0 Å². The number of nitrogens with zero attached hydrogens (tertiary/aromatic N) is 3. The Labute approximate surface area is 148 Å². The van der Waals surface area contributed by atoms with Gasteiger partial charge in [-0.1, -0.05) is 0 Å². The van der Waals surface area contributed by atoms with Crippen molar-refractivity contribution in [2.75, 3.05) is 5.32 Å². The predicted octanol–water partition coefficient (Wildman–Crippen LogP) is 3.68. The summed E-state index contributed by atoms with van der Waals surface area (Å²) in [5, 5.41) is 6.26. The van der Waals surface area contributed by atoms with E-state index in [4.69, 9.17) is 0 Å². The van der Waals surface area contributed by atoms with Gasteiger partial charge in [-0.25, -0.2) is 13.5 Å². The zero-order valence-electron chi connectivity index (χ0n) is 13.2. The van der Waals surface area contributed by atoms with Gasteiger partial charge in [-0.05, 0) is 12.1 Å². The summed E-state index contributed by atoms with van der Waals surface area (Å²) in [5.41, 5.74) is 0.120. The first kappa shape index (κ1) is 18.3. The van der Waals surface area contributed by atoms with Gasteiger partial charge < -0.3 is 10.1 Å². The molecule has 1 aromatic carbocycles. The largest absolute Gasteiger partial charge is 0.573 e. The first-order valence-corrected chi connectivity index (χ1v) is 7.23. The van der Waals surface area contributed by atoms with Crippen LogP contribution in [0.15, 0.2) is 42.7 Å². The highest BCUT2D eigenvalue weighted by molar-refractivity contribution is 5.74. The Balaban J connectivity index is 2.14. The fourth-order valence-corrected chi connectivity index (χ4v) is 2.33. The van der Waals surface area contributed by atoms with Crippen LogP contribution < -0.4 is 10.1 Å². The lowest BCUT2D eigenvalue weighted by molar-refractivity contribution is -0.274. The topological polar surface area (TPSA) is 69.0 Å². The Kier molecular flexibility index (Phi) is 4.75. The summed E-state index contributed by atoms with van der Waals surface area (Å²) in [6, 6.07) is 4.76. The molecule has 0 radical (unpaired) electrons. The molecular formula is C16H9F5N4O2. The number of ether oxygens (including phenoxy) is 1. The van der Waals surface area contributed by atoms with Gasteiger partial charge in [0.25, 0.3) is 0 Å². The lowest BCUT2D eigenvalue weighted by Gasteiger charge is -2.11. The second kappa shape index (κ2) is 7.02. The first-order valence-electron chi connectivity index (χ1n) is 7.23. The molecule has 1 amide bonds. The van der Waals surface area contributed by atoms with Crippen LogP contribution in [-0.4, -0.2) is 27.5 Å². The minimum atomic E-state index is -5.01. The van der Waals surface area contributed by atoms with E-state index in [1.807, 2.05) is 0 Å². The van der Waals surface area contributed by atoms with Gasteiger partial charge in [-0.3, -0.25) is 9.78 Å². The van der Waals surface area contributed by atoms with Crippen LogP contribution in [0.25, 0.3) is 16.9 Å². The Bertz CT molecular complexity index is 987. The number of nitrogens with one attached hydrogen (secondary N) is 1. The van der Waals surface area contributed by atoms with E-state index in [0.29, 0.717) is 12.5 Å². The molecule has 0 saturated heterocycles. The lowest BCUT2D eigenvalue weighted by Crippen LogP contribution is -2.17. The van der Waals surface area contributed by atoms with Crippen LogP contribution in [0, 0.1) is 11.6 Å². The van der Waals surface area contributed by atoms with Crippen LogP contribution in [0.1, 0.15) is 0 Å². The minimum Gasteiger partial charge on any atom is -0.406 e. The number of carbonyl (C=O) groups is 1. The molecule has 2 aromatic heterocycles. The van der Waals surface area contributed by atoms with Gasteiger partial charge in [0.1, 0.15) is 17.4 Å². The van der Waals surface area contributed by atoms with Gasteiger partial charge in [-0.2, -0.15) is 0 Å². The summed E-state index contributed by atoms with van der Waals surface area (Å²) in [7, 11) is 0. The van der Waals surface area contributed by atoms with E-state index in [1.54, 1.807) is 0 Å². The predicted molar refractivity (Wildman–Crippen MR) is 83.1 cm³/mol. The number of hydrogen-bond acceptors (Lipinski definition) is 4. The fourth-order valence-electron chi connectivity index (χ4n) is 2.33. The van der Waals surface area contributed by atoms with Crippen molar-refractivity contribution in [1.82, 2.24) is 14.8 Å². The molecule has 0 aliphatic carbocycles. The molecule has 11 heteroatoms. The molecule has 2 heterocycles. The number of anilines is 1. The molecule has 0 unspecified atom stereocenters. The van der Waals surface area contributed by atoms with E-state index < -0.39 is 23.7 Å². The highest BCUT2D eigenvalue weighted by Gasteiger charge is 2.31. The van der Waals surface area contributed by atoms with Gasteiger partial charge in [0.15, 0.2) is 5.82 Å². The second-order valence-electron chi connectivity index (χ2n) is 5.17. The number of carbonyl (C=O) groups excluding carboxylic acids is 1. The van der Waals surface area contributed by atoms with E-state index in [2.05, 4.69) is 20.1 Å². The van der Waals surface area contributed by atoms with Crippen LogP contribution >= 0.6 is 0 Å². The SMILES string of the molecule is O=CNc1cc(-c2cc(F)cc(OC(F)(F)F)c2)n(-c2cncc(F)c2)n1. The number of pyridine rings is 1. The molecule has 6 nitrogen and oxygen atoms in total. The molecule has 0 fully saturated rings. The van der Waals surface area contributed by atoms with Crippen molar-refractivity contribution in [1.29, 1.82) is 0 Å². The van der Waals surface area contributed by atoms with Crippen molar-refractivity contribution in [3.05, 3.63) is 54.4 Å². The van der Waals surface area contributed by atoms with Gasteiger partial charge in [-0.15, -0.1) is 18.3 Å². The molecule has 1 N–H and O–H groups in total. The van der Waals surface area contributed by atoms with Crippen LogP contribution in [0.5, 0.6) is 5.75 Å². The summed E-state index contributed by atoms with van der Waals surface area (Å²) in [6.07, 6.45) is -2.52. The Morgan fingerprint density at radius 3 is 2.48 bits per heavy atom. The molecule has 0 atom stereocenters. The molecule has 140 valence electrons. The quantitative estimate of drug-likeness (QED) is 0.538. The average molecular weight is 384 g/mol. The number of alkyl halides is 3. The van der Waals surface area contributed by atoms with Crippen LogP contribution in [-0.2, 0) is 4.79 Å². The third-order valence-electron chi connectivity index (χ3n) is 3.25. The molecule has 0 bridgehead atoms. The second-order valence-corrected chi connectivity index (χ2v) is 5.17. The van der Waals surface area contributed by atoms with Crippen molar-refractivity contribution in [3.8, 4) is 22.7 Å². The number of rotatable bonds is 5. The van der Waals surface area contributed by atoms with Crippen molar-refractivity contribution in [2.45, 2.75) is 6.36 Å². The number of aromatic nitrogens is 3. The highest BCUT2D eigenvalue weighted by atomic mass is 19.4. The maximum Gasteiger partial charge on any atom is 0.573 e. The summed E-state index contributed by atoms with van der Waals surface area (Å²) >= 11 is 0. The number of benzene rings is 1. The maximum atomic E-state index is 13.8. The van der Waals surface area contributed by atoms with E-state index >= 15 is 0 Å². The van der Waals surface area contributed by atoms with Crippen LogP contribution in [0.2, 0.25) is 0 Å². The Morgan fingerprint density at radius 2 is 1.81 bits per heavy atom. The summed E-state index contributed by atoms with van der Waals surface area (Å²) in [4.78, 5) is 14.3. The van der Waals surface area contributed by atoms with Gasteiger partial charge in [0.05, 0.1) is 23.8 Å². The van der Waals surface area contributed by atoms with Gasteiger partial charge in [0, 0.05) is 23.8 Å². The zero-order valence-corrected chi connectivity index (χ0v) is 13.2. The smallest absolute Gasteiger partial charge is 0.406 e. The van der Waals surface area contributed by atoms with Crippen molar-refractivity contribution in [2.24, 2.45) is 0 Å². The third kappa shape index (κ3) is 4.37.